The summed E-state index contributed by atoms with van der Waals surface area (Å²) in [7, 11) is 0. The predicted molar refractivity (Wildman–Crippen MR) is 201 cm³/mol. The molecule has 1 aliphatic carbocycles. The van der Waals surface area contributed by atoms with E-state index < -0.39 is 29.7 Å². The largest absolute Gasteiger partial charge is 0.490 e. The van der Waals surface area contributed by atoms with Crippen LogP contribution in [0.1, 0.15) is 94.6 Å². The number of hydrogen-bond acceptors (Lipinski definition) is 9. The van der Waals surface area contributed by atoms with Crippen LogP contribution in [-0.2, 0) is 16.0 Å². The molecule has 5 amide bonds. The monoisotopic (exact) mass is 750 g/mol. The summed E-state index contributed by atoms with van der Waals surface area (Å²) in [5.41, 5.74) is 3.61. The third kappa shape index (κ3) is 7.70. The van der Waals surface area contributed by atoms with Gasteiger partial charge in [-0.3, -0.25) is 39.1 Å². The fourth-order valence-corrected chi connectivity index (χ4v) is 8.40. The lowest BCUT2D eigenvalue weighted by Crippen LogP contribution is -2.57. The van der Waals surface area contributed by atoms with Gasteiger partial charge >= 0.3 is 0 Å². The minimum atomic E-state index is -0.990. The van der Waals surface area contributed by atoms with Gasteiger partial charge < -0.3 is 15.0 Å². The number of imide groups is 2. The van der Waals surface area contributed by atoms with E-state index >= 15 is 0 Å². The molecule has 3 aliphatic heterocycles. The molecule has 3 fully saturated rings. The van der Waals surface area contributed by atoms with Crippen LogP contribution in [0.15, 0.2) is 60.7 Å². The molecule has 3 atom stereocenters. The Bertz CT molecular complexity index is 2010. The lowest BCUT2D eigenvalue weighted by Gasteiger charge is -2.45. The molecule has 7 rings (SSSR count). The maximum absolute atomic E-state index is 13.4. The standard InChI is InChI=1S/C41H43ClN6O6/c1-24-22-46(30-10-14-33-34(19-30)41(53)48(40(33)52)36-15-16-37(49)45-39(36)51)23-25(2)47(24)18-17-26-3-5-27(6-4-26)38(50)44-29-8-12-31(13-9-29)54-32-11-7-28(21-43)35(42)20-32/h3-7,10-11,14,19-20,24-25,29,31,36H,8-9,12-13,15-18,22-23H2,1-2H3,(H,44,50)(H,45,49,51)/t24-,25-,29?,31?,36-/m1/s1. The van der Waals surface area contributed by atoms with Crippen molar-refractivity contribution in [1.29, 1.82) is 5.26 Å². The zero-order valence-electron chi connectivity index (χ0n) is 30.3. The number of rotatable bonds is 9. The summed E-state index contributed by atoms with van der Waals surface area (Å²) in [6.07, 6.45) is 4.32. The summed E-state index contributed by atoms with van der Waals surface area (Å²) in [6, 6.07) is 19.8. The number of nitriles is 1. The zero-order valence-corrected chi connectivity index (χ0v) is 31.1. The summed E-state index contributed by atoms with van der Waals surface area (Å²) in [5, 5.41) is 14.9. The van der Waals surface area contributed by atoms with E-state index in [1.54, 1.807) is 30.3 Å². The van der Waals surface area contributed by atoms with Crippen LogP contribution in [0.5, 0.6) is 5.75 Å². The Morgan fingerprint density at radius 2 is 1.61 bits per heavy atom. The van der Waals surface area contributed by atoms with Gasteiger partial charge in [0.05, 0.1) is 27.8 Å². The molecule has 1 saturated carbocycles. The molecule has 0 radical (unpaired) electrons. The highest BCUT2D eigenvalue weighted by molar-refractivity contribution is 6.31. The Balaban J connectivity index is 0.878. The van der Waals surface area contributed by atoms with Gasteiger partial charge in [-0.05, 0) is 100 Å². The summed E-state index contributed by atoms with van der Waals surface area (Å²) >= 11 is 6.15. The number of hydrogen-bond donors (Lipinski definition) is 2. The van der Waals surface area contributed by atoms with Crippen molar-refractivity contribution < 1.29 is 28.7 Å². The number of piperidine rings is 1. The van der Waals surface area contributed by atoms with Gasteiger partial charge in [0.25, 0.3) is 17.7 Å². The molecule has 0 unspecified atom stereocenters. The Kier molecular flexibility index (Phi) is 10.7. The van der Waals surface area contributed by atoms with Crippen LogP contribution in [0, 0.1) is 11.3 Å². The van der Waals surface area contributed by atoms with Gasteiger partial charge in [-0.1, -0.05) is 23.7 Å². The predicted octanol–water partition coefficient (Wildman–Crippen LogP) is 4.87. The Morgan fingerprint density at radius 3 is 2.28 bits per heavy atom. The van der Waals surface area contributed by atoms with Crippen molar-refractivity contribution in [2.45, 2.75) is 89.1 Å². The van der Waals surface area contributed by atoms with Crippen LogP contribution >= 0.6 is 11.6 Å². The number of piperazine rings is 1. The summed E-state index contributed by atoms with van der Waals surface area (Å²) < 4.78 is 6.09. The van der Waals surface area contributed by atoms with Crippen LogP contribution < -0.4 is 20.3 Å². The average Bonchev–Trinajstić information content (AvgIpc) is 3.40. The van der Waals surface area contributed by atoms with Gasteiger partial charge in [0.2, 0.25) is 11.8 Å². The van der Waals surface area contributed by atoms with Crippen molar-refractivity contribution in [3.8, 4) is 11.8 Å². The maximum Gasteiger partial charge on any atom is 0.262 e. The second-order valence-corrected chi connectivity index (χ2v) is 15.2. The number of fused-ring (bicyclic) bond motifs is 1. The number of amides is 5. The molecule has 54 heavy (non-hydrogen) atoms. The summed E-state index contributed by atoms with van der Waals surface area (Å²) in [5.74, 6) is -1.46. The quantitative estimate of drug-likeness (QED) is 0.292. The fraction of sp³-hybridized carbons (Fsp3) is 0.415. The molecular weight excluding hydrogens is 708 g/mol. The van der Waals surface area contributed by atoms with E-state index in [0.29, 0.717) is 21.9 Å². The van der Waals surface area contributed by atoms with Crippen LogP contribution in [-0.4, -0.2) is 89.2 Å². The first-order valence-electron chi connectivity index (χ1n) is 18.6. The van der Waals surface area contributed by atoms with E-state index in [2.05, 4.69) is 40.4 Å². The number of nitrogens with zero attached hydrogens (tertiary/aromatic N) is 4. The number of anilines is 1. The second-order valence-electron chi connectivity index (χ2n) is 14.8. The highest BCUT2D eigenvalue weighted by Gasteiger charge is 2.45. The first kappa shape index (κ1) is 37.1. The van der Waals surface area contributed by atoms with Gasteiger partial charge in [-0.2, -0.15) is 5.26 Å². The molecule has 0 bridgehead atoms. The van der Waals surface area contributed by atoms with Crippen molar-refractivity contribution >= 4 is 46.8 Å². The molecular formula is C41H43ClN6O6. The van der Waals surface area contributed by atoms with Crippen molar-refractivity contribution in [3.63, 3.8) is 0 Å². The molecule has 2 saturated heterocycles. The number of carbonyl (C=O) groups excluding carboxylic acids is 5. The minimum absolute atomic E-state index is 0.0337. The van der Waals surface area contributed by atoms with Gasteiger partial charge in [0.15, 0.2) is 0 Å². The number of ether oxygens (including phenoxy) is 1. The SMILES string of the molecule is C[C@@H]1CN(c2ccc3c(c2)C(=O)N([C@@H]2CCC(=O)NC2=O)C3=O)C[C@@H](C)N1CCc1ccc(C(=O)NC2CCC(Oc3ccc(C#N)c(Cl)c3)CC2)cc1. The van der Waals surface area contributed by atoms with Crippen LogP contribution in [0.4, 0.5) is 5.69 Å². The molecule has 13 heteroatoms. The molecule has 3 aromatic carbocycles. The first-order valence-corrected chi connectivity index (χ1v) is 19.0. The fourth-order valence-electron chi connectivity index (χ4n) is 8.19. The van der Waals surface area contributed by atoms with E-state index in [4.69, 9.17) is 21.6 Å². The van der Waals surface area contributed by atoms with E-state index in [-0.39, 0.29) is 54.1 Å². The Morgan fingerprint density at radius 1 is 0.907 bits per heavy atom. The van der Waals surface area contributed by atoms with Gasteiger partial charge in [0, 0.05) is 61.5 Å². The molecule has 3 aromatic rings. The van der Waals surface area contributed by atoms with E-state index in [1.807, 2.05) is 30.3 Å². The van der Waals surface area contributed by atoms with Gasteiger partial charge in [0.1, 0.15) is 17.9 Å². The first-order chi connectivity index (χ1) is 26.0. The van der Waals surface area contributed by atoms with Crippen LogP contribution in [0.3, 0.4) is 0 Å². The second kappa shape index (κ2) is 15.6. The molecule has 12 nitrogen and oxygen atoms in total. The normalized spacial score (nSPS) is 24.5. The van der Waals surface area contributed by atoms with E-state index in [1.165, 1.54) is 0 Å². The Labute approximate surface area is 319 Å². The molecule has 3 heterocycles. The third-order valence-electron chi connectivity index (χ3n) is 11.1. The summed E-state index contributed by atoms with van der Waals surface area (Å²) in [4.78, 5) is 69.4. The lowest BCUT2D eigenvalue weighted by atomic mass is 9.92. The van der Waals surface area contributed by atoms with Crippen LogP contribution in [0.2, 0.25) is 5.02 Å². The number of nitrogens with one attached hydrogen (secondary N) is 2. The molecule has 4 aliphatic rings. The minimum Gasteiger partial charge on any atom is -0.490 e. The lowest BCUT2D eigenvalue weighted by molar-refractivity contribution is -0.136. The van der Waals surface area contributed by atoms with E-state index in [9.17, 15) is 24.0 Å². The van der Waals surface area contributed by atoms with E-state index in [0.717, 1.165) is 67.9 Å². The highest BCUT2D eigenvalue weighted by atomic mass is 35.5. The summed E-state index contributed by atoms with van der Waals surface area (Å²) in [6.45, 7) is 6.69. The number of benzene rings is 3. The maximum atomic E-state index is 13.4. The van der Waals surface area contributed by atoms with Crippen molar-refractivity contribution in [2.24, 2.45) is 0 Å². The van der Waals surface area contributed by atoms with Crippen molar-refractivity contribution in [2.75, 3.05) is 24.5 Å². The average molecular weight is 751 g/mol. The number of carbonyl (C=O) groups is 5. The smallest absolute Gasteiger partial charge is 0.262 e. The molecule has 2 N–H and O–H groups in total. The molecule has 280 valence electrons. The third-order valence-corrected chi connectivity index (χ3v) is 11.5. The molecule has 0 aromatic heterocycles. The number of halogens is 1. The van der Waals surface area contributed by atoms with Gasteiger partial charge in [-0.15, -0.1) is 0 Å². The van der Waals surface area contributed by atoms with Gasteiger partial charge in [-0.25, -0.2) is 0 Å². The van der Waals surface area contributed by atoms with Crippen molar-refractivity contribution in [3.05, 3.63) is 93.5 Å². The zero-order chi connectivity index (χ0) is 38.1. The highest BCUT2D eigenvalue weighted by Crippen LogP contribution is 2.32. The van der Waals surface area contributed by atoms with Crippen molar-refractivity contribution in [1.82, 2.24) is 20.4 Å². The molecule has 0 spiro atoms. The topological polar surface area (TPSA) is 152 Å². The van der Waals surface area contributed by atoms with Crippen LogP contribution in [0.25, 0.3) is 0 Å². The Hall–Kier alpha value is -5.25.